The van der Waals surface area contributed by atoms with Gasteiger partial charge in [0.2, 0.25) is 0 Å². The molecule has 1 N–H and O–H groups in total. The molecular formula is C12H24N2. The monoisotopic (exact) mass is 196 g/mol. The van der Waals surface area contributed by atoms with Crippen molar-refractivity contribution in [1.29, 1.82) is 0 Å². The predicted molar refractivity (Wildman–Crippen MR) is 60.5 cm³/mol. The van der Waals surface area contributed by atoms with Crippen LogP contribution in [0.25, 0.3) is 0 Å². The maximum Gasteiger partial charge on any atom is 0.0223 e. The van der Waals surface area contributed by atoms with Gasteiger partial charge in [-0.15, -0.1) is 0 Å². The quantitative estimate of drug-likeness (QED) is 0.697. The maximum atomic E-state index is 3.64. The van der Waals surface area contributed by atoms with Crippen molar-refractivity contribution in [3.8, 4) is 0 Å². The summed E-state index contributed by atoms with van der Waals surface area (Å²) in [5.74, 6) is 0.984. The zero-order chi connectivity index (χ0) is 9.97. The summed E-state index contributed by atoms with van der Waals surface area (Å²) in [5, 5.41) is 3.64. The van der Waals surface area contributed by atoms with Crippen molar-refractivity contribution < 1.29 is 0 Å². The highest BCUT2D eigenvalue weighted by Crippen LogP contribution is 2.34. The largest absolute Gasteiger partial charge is 0.313 e. The van der Waals surface area contributed by atoms with E-state index in [1.807, 2.05) is 0 Å². The van der Waals surface area contributed by atoms with Crippen LogP contribution in [-0.4, -0.2) is 37.1 Å². The smallest absolute Gasteiger partial charge is 0.0223 e. The highest BCUT2D eigenvalue weighted by Gasteiger charge is 2.33. The second-order valence-corrected chi connectivity index (χ2v) is 5.03. The van der Waals surface area contributed by atoms with E-state index in [1.54, 1.807) is 0 Å². The maximum absolute atomic E-state index is 3.64. The third kappa shape index (κ3) is 2.48. The molecule has 2 aliphatic rings. The summed E-state index contributed by atoms with van der Waals surface area (Å²) >= 11 is 0. The van der Waals surface area contributed by atoms with Gasteiger partial charge in [-0.05, 0) is 45.2 Å². The first-order valence-corrected chi connectivity index (χ1v) is 6.25. The van der Waals surface area contributed by atoms with Crippen molar-refractivity contribution >= 4 is 0 Å². The van der Waals surface area contributed by atoms with Gasteiger partial charge >= 0.3 is 0 Å². The van der Waals surface area contributed by atoms with E-state index < -0.39 is 0 Å². The molecule has 0 saturated heterocycles. The van der Waals surface area contributed by atoms with Crippen LogP contribution >= 0.6 is 0 Å². The number of likely N-dealkylation sites (N-methyl/N-ethyl adjacent to an activating group) is 2. The zero-order valence-corrected chi connectivity index (χ0v) is 9.63. The van der Waals surface area contributed by atoms with E-state index in [4.69, 9.17) is 0 Å². The van der Waals surface area contributed by atoms with Crippen LogP contribution in [0.4, 0.5) is 0 Å². The van der Waals surface area contributed by atoms with E-state index in [9.17, 15) is 0 Å². The Hall–Kier alpha value is -0.0800. The summed E-state index contributed by atoms with van der Waals surface area (Å²) < 4.78 is 0. The first-order valence-electron chi connectivity index (χ1n) is 6.25. The number of rotatable bonds is 6. The molecule has 1 unspecified atom stereocenters. The minimum Gasteiger partial charge on any atom is -0.313 e. The van der Waals surface area contributed by atoms with Gasteiger partial charge in [0.15, 0.2) is 0 Å². The Kier molecular flexibility index (Phi) is 3.45. The van der Waals surface area contributed by atoms with E-state index in [-0.39, 0.29) is 0 Å². The second kappa shape index (κ2) is 4.63. The normalized spacial score (nSPS) is 25.1. The molecule has 2 nitrogen and oxygen atoms in total. The Labute approximate surface area is 88.1 Å². The third-order valence-corrected chi connectivity index (χ3v) is 3.84. The van der Waals surface area contributed by atoms with E-state index in [0.29, 0.717) is 0 Å². The van der Waals surface area contributed by atoms with E-state index in [2.05, 4.69) is 24.2 Å². The summed E-state index contributed by atoms with van der Waals surface area (Å²) in [6, 6.07) is 1.67. The van der Waals surface area contributed by atoms with Crippen LogP contribution in [0.2, 0.25) is 0 Å². The summed E-state index contributed by atoms with van der Waals surface area (Å²) in [4.78, 5) is 2.58. The molecule has 2 rings (SSSR count). The van der Waals surface area contributed by atoms with Crippen molar-refractivity contribution in [2.24, 2.45) is 5.92 Å². The van der Waals surface area contributed by atoms with Gasteiger partial charge in [0.05, 0.1) is 0 Å². The summed E-state index contributed by atoms with van der Waals surface area (Å²) in [6.07, 6.45) is 7.22. The average molecular weight is 196 g/mol. The molecule has 0 spiro atoms. The Morgan fingerprint density at radius 2 is 2.00 bits per heavy atom. The van der Waals surface area contributed by atoms with Gasteiger partial charge in [-0.2, -0.15) is 0 Å². The topological polar surface area (TPSA) is 15.3 Å². The minimum absolute atomic E-state index is 0.769. The van der Waals surface area contributed by atoms with Gasteiger partial charge in [0.25, 0.3) is 0 Å². The van der Waals surface area contributed by atoms with Gasteiger partial charge in [0, 0.05) is 18.6 Å². The molecule has 0 bridgehead atoms. The van der Waals surface area contributed by atoms with Gasteiger partial charge in [-0.1, -0.05) is 13.3 Å². The Morgan fingerprint density at radius 3 is 2.43 bits per heavy atom. The van der Waals surface area contributed by atoms with E-state index in [1.165, 1.54) is 38.6 Å². The zero-order valence-electron chi connectivity index (χ0n) is 9.63. The molecule has 0 aromatic carbocycles. The number of hydrogen-bond acceptors (Lipinski definition) is 2. The third-order valence-electron chi connectivity index (χ3n) is 3.84. The standard InChI is InChI=1S/C12H24N2/c1-3-13-12(10-7-8-10)9-14(2)11-5-4-6-11/h10-13H,3-9H2,1-2H3. The Bertz CT molecular complexity index is 173. The SMILES string of the molecule is CCNC(CN(C)C1CCC1)C1CC1. The molecule has 2 aliphatic carbocycles. The van der Waals surface area contributed by atoms with Crippen molar-refractivity contribution in [3.63, 3.8) is 0 Å². The van der Waals surface area contributed by atoms with Crippen LogP contribution < -0.4 is 5.32 Å². The van der Waals surface area contributed by atoms with Crippen LogP contribution in [0.5, 0.6) is 0 Å². The lowest BCUT2D eigenvalue weighted by Gasteiger charge is -2.37. The summed E-state index contributed by atoms with van der Waals surface area (Å²) in [7, 11) is 2.30. The molecule has 0 aliphatic heterocycles. The molecule has 2 fully saturated rings. The number of hydrogen-bond donors (Lipinski definition) is 1. The molecule has 0 amide bonds. The highest BCUT2D eigenvalue weighted by atomic mass is 15.2. The lowest BCUT2D eigenvalue weighted by atomic mass is 9.91. The fourth-order valence-corrected chi connectivity index (χ4v) is 2.43. The fourth-order valence-electron chi connectivity index (χ4n) is 2.43. The molecule has 0 heterocycles. The van der Waals surface area contributed by atoms with Crippen LogP contribution in [0.15, 0.2) is 0 Å². The minimum atomic E-state index is 0.769. The molecule has 2 heteroatoms. The van der Waals surface area contributed by atoms with Crippen molar-refractivity contribution in [1.82, 2.24) is 10.2 Å². The summed E-state index contributed by atoms with van der Waals surface area (Å²) in [6.45, 7) is 4.61. The van der Waals surface area contributed by atoms with Crippen molar-refractivity contribution in [3.05, 3.63) is 0 Å². The molecule has 0 radical (unpaired) electrons. The molecule has 1 atom stereocenters. The van der Waals surface area contributed by atoms with Crippen LogP contribution in [0, 0.1) is 5.92 Å². The molecule has 0 aromatic rings. The summed E-state index contributed by atoms with van der Waals surface area (Å²) in [5.41, 5.74) is 0. The predicted octanol–water partition coefficient (Wildman–Crippen LogP) is 1.86. The van der Waals surface area contributed by atoms with Crippen molar-refractivity contribution in [2.75, 3.05) is 20.1 Å². The highest BCUT2D eigenvalue weighted by molar-refractivity contribution is 4.90. The molecular weight excluding hydrogens is 172 g/mol. The van der Waals surface area contributed by atoms with Gasteiger partial charge in [0.1, 0.15) is 0 Å². The van der Waals surface area contributed by atoms with E-state index >= 15 is 0 Å². The van der Waals surface area contributed by atoms with Gasteiger partial charge in [-0.3, -0.25) is 0 Å². The number of nitrogens with zero attached hydrogens (tertiary/aromatic N) is 1. The first-order chi connectivity index (χ1) is 6.81. The average Bonchev–Trinajstić information content (AvgIpc) is 2.81. The van der Waals surface area contributed by atoms with E-state index in [0.717, 1.165) is 24.5 Å². The lowest BCUT2D eigenvalue weighted by Crippen LogP contribution is -2.46. The Morgan fingerprint density at radius 1 is 1.29 bits per heavy atom. The van der Waals surface area contributed by atoms with Gasteiger partial charge < -0.3 is 10.2 Å². The Balaban J connectivity index is 1.73. The molecule has 82 valence electrons. The van der Waals surface area contributed by atoms with Crippen molar-refractivity contribution in [2.45, 2.75) is 51.1 Å². The number of nitrogens with one attached hydrogen (secondary N) is 1. The second-order valence-electron chi connectivity index (χ2n) is 5.03. The first kappa shape index (κ1) is 10.4. The molecule has 14 heavy (non-hydrogen) atoms. The van der Waals surface area contributed by atoms with Crippen LogP contribution in [0.3, 0.4) is 0 Å². The van der Waals surface area contributed by atoms with Crippen LogP contribution in [-0.2, 0) is 0 Å². The fraction of sp³-hybridized carbons (Fsp3) is 1.00. The van der Waals surface area contributed by atoms with Gasteiger partial charge in [-0.25, -0.2) is 0 Å². The van der Waals surface area contributed by atoms with Crippen LogP contribution in [0.1, 0.15) is 39.0 Å². The molecule has 2 saturated carbocycles. The lowest BCUT2D eigenvalue weighted by molar-refractivity contribution is 0.141. The molecule has 0 aromatic heterocycles.